The number of hydrogen-bond acceptors (Lipinski definition) is 4. The lowest BCUT2D eigenvalue weighted by atomic mass is 9.62. The summed E-state index contributed by atoms with van der Waals surface area (Å²) in [6.45, 7) is 6.27. The van der Waals surface area contributed by atoms with E-state index in [2.05, 4.69) is 31.3 Å². The molecule has 3 aliphatic heterocycles. The van der Waals surface area contributed by atoms with Crippen LogP contribution in [0.3, 0.4) is 0 Å². The fraction of sp³-hybridized carbons (Fsp3) is 0.440. The second kappa shape index (κ2) is 8.04. The molecule has 2 aromatic carbocycles. The number of urea groups is 1. The first kappa shape index (κ1) is 20.7. The molecule has 2 fully saturated rings. The molecule has 2 aromatic rings. The molecule has 0 aliphatic carbocycles. The molecule has 32 heavy (non-hydrogen) atoms. The first-order valence-corrected chi connectivity index (χ1v) is 11.3. The van der Waals surface area contributed by atoms with Crippen LogP contribution in [0, 0.1) is 5.41 Å². The maximum atomic E-state index is 13.2. The standard InChI is InChI=1S/C25H29N3O4/c1-17(2)28-22(18-6-4-3-5-7-18)25(23(28)29)10-12-27(13-11-25)24(30)26-19-8-9-20-21(16-19)32-15-14-31-20/h3-9,16-17,22H,10-15H2,1-2H3,(H,26,30). The van der Waals surface area contributed by atoms with Gasteiger partial charge in [-0.05, 0) is 44.4 Å². The third-order valence-electron chi connectivity index (χ3n) is 6.87. The highest BCUT2D eigenvalue weighted by Gasteiger charge is 2.62. The Morgan fingerprint density at radius 2 is 1.72 bits per heavy atom. The molecule has 1 unspecified atom stereocenters. The molecule has 3 aliphatic rings. The van der Waals surface area contributed by atoms with Gasteiger partial charge in [0, 0.05) is 30.9 Å². The summed E-state index contributed by atoms with van der Waals surface area (Å²) < 4.78 is 11.1. The van der Waals surface area contributed by atoms with Crippen molar-refractivity contribution in [3.8, 4) is 11.5 Å². The SMILES string of the molecule is CC(C)N1C(=O)C2(CCN(C(=O)Nc3ccc4c(c3)OCCO4)CC2)C1c1ccccc1. The Morgan fingerprint density at radius 1 is 1.03 bits per heavy atom. The van der Waals surface area contributed by atoms with Crippen molar-refractivity contribution in [2.45, 2.75) is 38.8 Å². The second-order valence-corrected chi connectivity index (χ2v) is 9.05. The number of carbonyl (C=O) groups is 2. The van der Waals surface area contributed by atoms with Gasteiger partial charge in [0.2, 0.25) is 5.91 Å². The second-order valence-electron chi connectivity index (χ2n) is 9.05. The number of nitrogens with one attached hydrogen (secondary N) is 1. The van der Waals surface area contributed by atoms with E-state index in [1.165, 1.54) is 5.56 Å². The molecule has 0 aromatic heterocycles. The molecule has 7 nitrogen and oxygen atoms in total. The predicted molar refractivity (Wildman–Crippen MR) is 121 cm³/mol. The summed E-state index contributed by atoms with van der Waals surface area (Å²) >= 11 is 0. The Labute approximate surface area is 188 Å². The maximum absolute atomic E-state index is 13.2. The molecule has 2 saturated heterocycles. The summed E-state index contributed by atoms with van der Waals surface area (Å²) in [7, 11) is 0. The van der Waals surface area contributed by atoms with Crippen molar-refractivity contribution in [3.63, 3.8) is 0 Å². The number of anilines is 1. The smallest absolute Gasteiger partial charge is 0.321 e. The number of ether oxygens (including phenoxy) is 2. The third kappa shape index (κ3) is 3.36. The highest BCUT2D eigenvalue weighted by atomic mass is 16.6. The van der Waals surface area contributed by atoms with E-state index in [0.717, 1.165) is 0 Å². The van der Waals surface area contributed by atoms with Crippen LogP contribution in [-0.4, -0.2) is 54.1 Å². The summed E-state index contributed by atoms with van der Waals surface area (Å²) in [5.41, 5.74) is 1.43. The van der Waals surface area contributed by atoms with Crippen LogP contribution in [0.25, 0.3) is 0 Å². The number of nitrogens with zero attached hydrogens (tertiary/aromatic N) is 2. The van der Waals surface area contributed by atoms with Gasteiger partial charge < -0.3 is 24.6 Å². The van der Waals surface area contributed by atoms with Gasteiger partial charge in [-0.1, -0.05) is 30.3 Å². The molecule has 3 amide bonds. The molecule has 1 spiro atoms. The fourth-order valence-electron chi connectivity index (χ4n) is 5.26. The normalized spacial score (nSPS) is 21.5. The van der Waals surface area contributed by atoms with Crippen molar-refractivity contribution in [1.29, 1.82) is 0 Å². The van der Waals surface area contributed by atoms with E-state index < -0.39 is 5.41 Å². The Morgan fingerprint density at radius 3 is 2.41 bits per heavy atom. The Balaban J connectivity index is 1.28. The topological polar surface area (TPSA) is 71.1 Å². The minimum Gasteiger partial charge on any atom is -0.486 e. The molecule has 0 bridgehead atoms. The van der Waals surface area contributed by atoms with Gasteiger partial charge in [-0.15, -0.1) is 0 Å². The minimum atomic E-state index is -0.417. The summed E-state index contributed by atoms with van der Waals surface area (Å²) in [6, 6.07) is 15.8. The molecule has 0 saturated carbocycles. The van der Waals surface area contributed by atoms with E-state index in [0.29, 0.717) is 56.3 Å². The number of benzene rings is 2. The number of β-lactam (4-membered cyclic amide) rings is 1. The zero-order chi connectivity index (χ0) is 22.3. The monoisotopic (exact) mass is 435 g/mol. The fourth-order valence-corrected chi connectivity index (χ4v) is 5.26. The van der Waals surface area contributed by atoms with E-state index >= 15 is 0 Å². The van der Waals surface area contributed by atoms with Crippen LogP contribution in [0.4, 0.5) is 10.5 Å². The van der Waals surface area contributed by atoms with Crippen molar-refractivity contribution in [2.24, 2.45) is 5.41 Å². The number of fused-ring (bicyclic) bond motifs is 1. The van der Waals surface area contributed by atoms with Gasteiger partial charge in [-0.3, -0.25) is 4.79 Å². The molecule has 7 heteroatoms. The van der Waals surface area contributed by atoms with E-state index in [1.807, 2.05) is 35.2 Å². The number of likely N-dealkylation sites (tertiary alicyclic amines) is 2. The number of hydrogen-bond donors (Lipinski definition) is 1. The summed E-state index contributed by atoms with van der Waals surface area (Å²) in [5.74, 6) is 1.55. The molecule has 1 atom stereocenters. The van der Waals surface area contributed by atoms with Gasteiger partial charge in [0.15, 0.2) is 11.5 Å². The predicted octanol–water partition coefficient (Wildman–Crippen LogP) is 4.06. The number of piperidine rings is 1. The van der Waals surface area contributed by atoms with Crippen LogP contribution >= 0.6 is 0 Å². The van der Waals surface area contributed by atoms with Crippen LogP contribution in [0.5, 0.6) is 11.5 Å². The highest BCUT2D eigenvalue weighted by molar-refractivity contribution is 5.93. The maximum Gasteiger partial charge on any atom is 0.321 e. The lowest BCUT2D eigenvalue weighted by molar-refractivity contribution is -0.184. The summed E-state index contributed by atoms with van der Waals surface area (Å²) in [6.07, 6.45) is 1.34. The quantitative estimate of drug-likeness (QED) is 0.738. The van der Waals surface area contributed by atoms with E-state index in [-0.39, 0.29) is 24.0 Å². The van der Waals surface area contributed by atoms with Gasteiger partial charge >= 0.3 is 6.03 Å². The largest absolute Gasteiger partial charge is 0.486 e. The molecule has 168 valence electrons. The molecular weight excluding hydrogens is 406 g/mol. The van der Waals surface area contributed by atoms with E-state index in [4.69, 9.17) is 9.47 Å². The van der Waals surface area contributed by atoms with Crippen LogP contribution in [0.15, 0.2) is 48.5 Å². The first-order valence-electron chi connectivity index (χ1n) is 11.3. The summed E-state index contributed by atoms with van der Waals surface area (Å²) in [5, 5.41) is 2.96. The molecular formula is C25H29N3O4. The van der Waals surface area contributed by atoms with E-state index in [1.54, 1.807) is 11.0 Å². The lowest BCUT2D eigenvalue weighted by Gasteiger charge is -2.60. The number of carbonyl (C=O) groups excluding carboxylic acids is 2. The highest BCUT2D eigenvalue weighted by Crippen LogP contribution is 2.56. The van der Waals surface area contributed by atoms with Crippen LogP contribution in [-0.2, 0) is 4.79 Å². The van der Waals surface area contributed by atoms with Crippen molar-refractivity contribution in [2.75, 3.05) is 31.6 Å². The van der Waals surface area contributed by atoms with Gasteiger partial charge in [0.1, 0.15) is 13.2 Å². The van der Waals surface area contributed by atoms with Crippen LogP contribution in [0.2, 0.25) is 0 Å². The Bertz CT molecular complexity index is 1020. The van der Waals surface area contributed by atoms with Crippen molar-refractivity contribution >= 4 is 17.6 Å². The third-order valence-corrected chi connectivity index (χ3v) is 6.87. The number of rotatable bonds is 3. The van der Waals surface area contributed by atoms with Crippen LogP contribution in [0.1, 0.15) is 38.3 Å². The van der Waals surface area contributed by atoms with Crippen molar-refractivity contribution < 1.29 is 19.1 Å². The van der Waals surface area contributed by atoms with E-state index in [9.17, 15) is 9.59 Å². The Kier molecular flexibility index (Phi) is 5.19. The van der Waals surface area contributed by atoms with Crippen molar-refractivity contribution in [1.82, 2.24) is 9.80 Å². The molecule has 0 radical (unpaired) electrons. The van der Waals surface area contributed by atoms with Gasteiger partial charge in [0.25, 0.3) is 0 Å². The van der Waals surface area contributed by atoms with Crippen LogP contribution < -0.4 is 14.8 Å². The molecule has 1 N–H and O–H groups in total. The molecule has 3 heterocycles. The average Bonchev–Trinajstić information content (AvgIpc) is 2.82. The van der Waals surface area contributed by atoms with Gasteiger partial charge in [-0.2, -0.15) is 0 Å². The zero-order valence-corrected chi connectivity index (χ0v) is 18.5. The average molecular weight is 436 g/mol. The van der Waals surface area contributed by atoms with Gasteiger partial charge in [-0.25, -0.2) is 4.79 Å². The van der Waals surface area contributed by atoms with Crippen molar-refractivity contribution in [3.05, 3.63) is 54.1 Å². The van der Waals surface area contributed by atoms with Gasteiger partial charge in [0.05, 0.1) is 11.5 Å². The zero-order valence-electron chi connectivity index (χ0n) is 18.5. The first-order chi connectivity index (χ1) is 15.5. The minimum absolute atomic E-state index is 0.0687. The lowest BCUT2D eigenvalue weighted by Crippen LogP contribution is -2.68. The Hall–Kier alpha value is -3.22. The number of amides is 3. The summed E-state index contributed by atoms with van der Waals surface area (Å²) in [4.78, 5) is 30.0. The molecule has 5 rings (SSSR count).